The molecule has 1 saturated heterocycles. The van der Waals surface area contributed by atoms with Gasteiger partial charge in [0.25, 0.3) is 5.91 Å². The Labute approximate surface area is 231 Å². The number of carbonyl (C=O) groups is 1. The van der Waals surface area contributed by atoms with E-state index in [1.54, 1.807) is 35.4 Å². The van der Waals surface area contributed by atoms with Crippen LogP contribution in [0.15, 0.2) is 24.7 Å². The molecule has 1 saturated carbocycles. The zero-order chi connectivity index (χ0) is 28.2. The lowest BCUT2D eigenvalue weighted by molar-refractivity contribution is 0.102. The molecule has 1 aromatic carbocycles. The topological polar surface area (TPSA) is 139 Å². The smallest absolute Gasteiger partial charge is 0.262 e. The molecule has 0 unspecified atom stereocenters. The maximum atomic E-state index is 15.6. The van der Waals surface area contributed by atoms with E-state index in [-0.39, 0.29) is 17.9 Å². The van der Waals surface area contributed by atoms with Crippen LogP contribution < -0.4 is 20.3 Å². The van der Waals surface area contributed by atoms with Crippen LogP contribution in [-0.4, -0.2) is 69.9 Å². The summed E-state index contributed by atoms with van der Waals surface area (Å²) in [5, 5.41) is 11.6. The second kappa shape index (κ2) is 10.1. The molecule has 4 aromatic rings. The van der Waals surface area contributed by atoms with Crippen molar-refractivity contribution < 1.29 is 17.6 Å². The number of sulfonamides is 1. The fourth-order valence-electron chi connectivity index (χ4n) is 5.34. The zero-order valence-corrected chi connectivity index (χ0v) is 23.4. The predicted octanol–water partition coefficient (Wildman–Crippen LogP) is 2.09. The second-order valence-electron chi connectivity index (χ2n) is 10.7. The fraction of sp³-hybridized carbons (Fsp3) is 0.462. The number of halogens is 1. The maximum absolute atomic E-state index is 15.6. The average Bonchev–Trinajstić information content (AvgIpc) is 3.47. The van der Waals surface area contributed by atoms with Crippen LogP contribution in [0.25, 0.3) is 16.6 Å². The van der Waals surface area contributed by atoms with Crippen molar-refractivity contribution in [3.63, 3.8) is 0 Å². The Morgan fingerprint density at radius 1 is 1.10 bits per heavy atom. The predicted molar refractivity (Wildman–Crippen MR) is 149 cm³/mol. The van der Waals surface area contributed by atoms with Crippen LogP contribution in [0.1, 0.15) is 47.4 Å². The Kier molecular flexibility index (Phi) is 6.71. The first-order valence-corrected chi connectivity index (χ1v) is 15.2. The van der Waals surface area contributed by atoms with Crippen molar-refractivity contribution in [1.29, 1.82) is 0 Å². The number of aryl methyl sites for hydroxylation is 2. The summed E-state index contributed by atoms with van der Waals surface area (Å²) >= 11 is 0. The first kappa shape index (κ1) is 26.6. The Morgan fingerprint density at radius 3 is 2.52 bits per heavy atom. The van der Waals surface area contributed by atoms with Gasteiger partial charge in [0.15, 0.2) is 11.5 Å². The number of nitrogens with one attached hydrogen (secondary N) is 3. The summed E-state index contributed by atoms with van der Waals surface area (Å²) < 4.78 is 44.2. The summed E-state index contributed by atoms with van der Waals surface area (Å²) in [5.74, 6) is -1.10. The van der Waals surface area contributed by atoms with Gasteiger partial charge in [-0.25, -0.2) is 22.5 Å². The molecule has 3 N–H and O–H groups in total. The number of hydrogen-bond donors (Lipinski definition) is 3. The number of imidazole rings is 1. The molecule has 0 atom stereocenters. The Morgan fingerprint density at radius 2 is 1.82 bits per heavy atom. The van der Waals surface area contributed by atoms with Gasteiger partial charge in [0.05, 0.1) is 36.1 Å². The molecule has 0 radical (unpaired) electrons. The van der Waals surface area contributed by atoms with Gasteiger partial charge in [0, 0.05) is 50.0 Å². The van der Waals surface area contributed by atoms with E-state index >= 15 is 4.39 Å². The van der Waals surface area contributed by atoms with Gasteiger partial charge in [0.1, 0.15) is 16.9 Å². The molecule has 4 heterocycles. The summed E-state index contributed by atoms with van der Waals surface area (Å²) in [4.78, 5) is 24.4. The largest absolute Gasteiger partial charge is 0.371 e. The Bertz CT molecular complexity index is 1720. The minimum absolute atomic E-state index is 0.0133. The van der Waals surface area contributed by atoms with Gasteiger partial charge in [-0.15, -0.1) is 0 Å². The number of amides is 1. The summed E-state index contributed by atoms with van der Waals surface area (Å²) in [7, 11) is -1.63. The third kappa shape index (κ3) is 5.51. The van der Waals surface area contributed by atoms with Crippen LogP contribution in [0, 0.1) is 12.7 Å². The van der Waals surface area contributed by atoms with Crippen LogP contribution >= 0.6 is 0 Å². The van der Waals surface area contributed by atoms with E-state index in [0.717, 1.165) is 43.3 Å². The van der Waals surface area contributed by atoms with Crippen molar-refractivity contribution in [2.45, 2.75) is 51.2 Å². The Hall–Kier alpha value is -3.62. The van der Waals surface area contributed by atoms with Gasteiger partial charge in [-0.05, 0) is 38.7 Å². The number of nitrogens with zero attached hydrogens (tertiary/aromatic N) is 6. The van der Waals surface area contributed by atoms with E-state index in [4.69, 9.17) is 0 Å². The average molecular weight is 570 g/mol. The quantitative estimate of drug-likeness (QED) is 0.293. The van der Waals surface area contributed by atoms with Gasteiger partial charge in [-0.3, -0.25) is 14.5 Å². The number of piperidine rings is 1. The lowest BCUT2D eigenvalue weighted by Gasteiger charge is -2.34. The van der Waals surface area contributed by atoms with E-state index in [2.05, 4.69) is 35.3 Å². The zero-order valence-electron chi connectivity index (χ0n) is 22.6. The number of benzene rings is 1. The Balaban J connectivity index is 1.25. The second-order valence-corrected chi connectivity index (χ2v) is 12.6. The van der Waals surface area contributed by atoms with Gasteiger partial charge >= 0.3 is 0 Å². The summed E-state index contributed by atoms with van der Waals surface area (Å²) in [6.07, 6.45) is 10.6. The number of aromatic nitrogens is 5. The highest BCUT2D eigenvalue weighted by Crippen LogP contribution is 2.33. The molecule has 40 heavy (non-hydrogen) atoms. The molecule has 3 aromatic heterocycles. The highest BCUT2D eigenvalue weighted by atomic mass is 32.2. The third-order valence-electron chi connectivity index (χ3n) is 7.37. The molecule has 2 aliphatic rings. The monoisotopic (exact) mass is 569 g/mol. The van der Waals surface area contributed by atoms with Gasteiger partial charge in [-0.1, -0.05) is 0 Å². The van der Waals surface area contributed by atoms with Crippen molar-refractivity contribution in [2.75, 3.05) is 29.6 Å². The summed E-state index contributed by atoms with van der Waals surface area (Å²) in [5.41, 5.74) is 2.41. The molecular weight excluding hydrogens is 537 g/mol. The highest BCUT2D eigenvalue weighted by Gasteiger charge is 2.29. The van der Waals surface area contributed by atoms with Crippen molar-refractivity contribution in [3.8, 4) is 0 Å². The minimum atomic E-state index is -3.39. The van der Waals surface area contributed by atoms with E-state index in [1.165, 1.54) is 18.9 Å². The molecule has 2 fully saturated rings. The number of anilines is 2. The van der Waals surface area contributed by atoms with Crippen molar-refractivity contribution in [3.05, 3.63) is 47.4 Å². The molecule has 12 nitrogen and oxygen atoms in total. The molecule has 6 rings (SSSR count). The van der Waals surface area contributed by atoms with Crippen molar-refractivity contribution in [2.24, 2.45) is 7.05 Å². The highest BCUT2D eigenvalue weighted by molar-refractivity contribution is 7.88. The maximum Gasteiger partial charge on any atom is 0.262 e. The molecule has 0 spiro atoms. The molecule has 14 heteroatoms. The lowest BCUT2D eigenvalue weighted by atomic mass is 10.0. The lowest BCUT2D eigenvalue weighted by Crippen LogP contribution is -2.43. The standard InChI is InChI=1S/C26H32FN9O3S/c1-15-25-31-22(14-36(25)12-18(29-15)11-28-40(3,38)39)32-26(37)23-20(27)10-21(19-13-34(2)33-24(19)23)35-8-6-17(7-9-35)30-16-4-5-16/h10,12-14,16-17,28,30H,4-9,11H2,1-3H3,(H,32,37). The minimum Gasteiger partial charge on any atom is -0.371 e. The summed E-state index contributed by atoms with van der Waals surface area (Å²) in [6, 6.07) is 2.58. The van der Waals surface area contributed by atoms with Crippen LogP contribution in [0.5, 0.6) is 0 Å². The van der Waals surface area contributed by atoms with E-state index in [0.29, 0.717) is 34.6 Å². The fourth-order valence-corrected chi connectivity index (χ4v) is 5.75. The van der Waals surface area contributed by atoms with Crippen LogP contribution in [0.2, 0.25) is 0 Å². The normalized spacial score (nSPS) is 16.8. The van der Waals surface area contributed by atoms with Gasteiger partial charge in [-0.2, -0.15) is 5.10 Å². The molecule has 1 aliphatic carbocycles. The van der Waals surface area contributed by atoms with Gasteiger partial charge in [0.2, 0.25) is 10.0 Å². The molecule has 1 aliphatic heterocycles. The van der Waals surface area contributed by atoms with Crippen LogP contribution in [0.4, 0.5) is 15.9 Å². The van der Waals surface area contributed by atoms with Crippen molar-refractivity contribution in [1.82, 2.24) is 34.2 Å². The van der Waals surface area contributed by atoms with E-state index in [1.807, 2.05) is 6.20 Å². The van der Waals surface area contributed by atoms with E-state index < -0.39 is 21.7 Å². The number of rotatable bonds is 8. The molecule has 212 valence electrons. The molecular formula is C26H32FN9O3S. The van der Waals surface area contributed by atoms with Crippen LogP contribution in [0.3, 0.4) is 0 Å². The van der Waals surface area contributed by atoms with Crippen molar-refractivity contribution >= 4 is 44.0 Å². The first-order valence-electron chi connectivity index (χ1n) is 13.3. The third-order valence-corrected chi connectivity index (χ3v) is 8.04. The number of fused-ring (bicyclic) bond motifs is 2. The summed E-state index contributed by atoms with van der Waals surface area (Å²) in [6.45, 7) is 3.35. The number of carbonyl (C=O) groups excluding carboxylic acids is 1. The molecule has 0 bridgehead atoms. The first-order chi connectivity index (χ1) is 19.0. The molecule has 1 amide bonds. The van der Waals surface area contributed by atoms with Gasteiger partial charge < -0.3 is 19.9 Å². The van der Waals surface area contributed by atoms with Crippen LogP contribution in [-0.2, 0) is 23.6 Å². The van der Waals surface area contributed by atoms with E-state index in [9.17, 15) is 13.2 Å². The number of hydrogen-bond acceptors (Lipinski definition) is 8. The SMILES string of the molecule is Cc1nc(CNS(C)(=O)=O)cn2cc(NC(=O)c3c(F)cc(N4CCC(NC5CC5)CC4)c4cn(C)nc34)nc12.